The molecule has 20 heavy (non-hydrogen) atoms. The van der Waals surface area contributed by atoms with Crippen molar-refractivity contribution in [2.75, 3.05) is 0 Å². The number of amides is 2. The number of nitrogens with two attached hydrogens (primary N) is 1. The van der Waals surface area contributed by atoms with Crippen LogP contribution in [-0.2, 0) is 6.54 Å². The number of rotatable bonds is 4. The Kier molecular flexibility index (Phi) is 4.19. The third-order valence-electron chi connectivity index (χ3n) is 2.51. The Morgan fingerprint density at radius 1 is 1.30 bits per heavy atom. The van der Waals surface area contributed by atoms with Crippen LogP contribution < -0.4 is 11.1 Å². The second-order valence-electron chi connectivity index (χ2n) is 3.94. The molecule has 0 spiro atoms. The van der Waals surface area contributed by atoms with Gasteiger partial charge in [-0.25, -0.2) is 4.39 Å². The predicted octanol–water partition coefficient (Wildman–Crippen LogP) is 2.21. The molecule has 3 N–H and O–H groups in total. The number of nitrogens with one attached hydrogen (secondary N) is 1. The van der Waals surface area contributed by atoms with Crippen LogP contribution in [-0.4, -0.2) is 11.8 Å². The van der Waals surface area contributed by atoms with Gasteiger partial charge in [-0.1, -0.05) is 0 Å². The number of benzene rings is 1. The minimum atomic E-state index is -0.676. The highest BCUT2D eigenvalue weighted by atomic mass is 79.9. The number of hydrogen-bond acceptors (Lipinski definition) is 3. The van der Waals surface area contributed by atoms with Crippen LogP contribution in [0.3, 0.4) is 0 Å². The van der Waals surface area contributed by atoms with E-state index in [1.165, 1.54) is 24.3 Å². The minimum absolute atomic E-state index is 0.0266. The van der Waals surface area contributed by atoms with Crippen molar-refractivity contribution in [1.29, 1.82) is 0 Å². The molecule has 0 saturated heterocycles. The van der Waals surface area contributed by atoms with Crippen LogP contribution in [0.1, 0.15) is 26.7 Å². The molecule has 1 aromatic heterocycles. The van der Waals surface area contributed by atoms with Crippen molar-refractivity contribution in [3.05, 3.63) is 57.7 Å². The normalized spacial score (nSPS) is 10.3. The van der Waals surface area contributed by atoms with Crippen molar-refractivity contribution in [1.82, 2.24) is 5.32 Å². The van der Waals surface area contributed by atoms with E-state index < -0.39 is 11.7 Å². The Hall–Kier alpha value is -2.15. The molecule has 0 radical (unpaired) electrons. The largest absolute Gasteiger partial charge is 0.454 e. The molecule has 2 rings (SSSR count). The van der Waals surface area contributed by atoms with E-state index in [0.29, 0.717) is 11.3 Å². The van der Waals surface area contributed by atoms with E-state index in [4.69, 9.17) is 10.2 Å². The molecule has 7 heteroatoms. The first kappa shape index (κ1) is 14.3. The maximum Gasteiger partial charge on any atom is 0.284 e. The van der Waals surface area contributed by atoms with Crippen LogP contribution in [0.4, 0.5) is 4.39 Å². The molecule has 104 valence electrons. The van der Waals surface area contributed by atoms with Crippen LogP contribution in [0.5, 0.6) is 0 Å². The third-order valence-corrected chi connectivity index (χ3v) is 3.12. The lowest BCUT2D eigenvalue weighted by molar-refractivity contribution is 0.0947. The molecule has 1 aromatic carbocycles. The Morgan fingerprint density at radius 2 is 2.05 bits per heavy atom. The first-order chi connectivity index (χ1) is 9.47. The van der Waals surface area contributed by atoms with Gasteiger partial charge in [-0.15, -0.1) is 0 Å². The fourth-order valence-corrected chi connectivity index (χ4v) is 1.89. The molecule has 0 aliphatic carbocycles. The van der Waals surface area contributed by atoms with Gasteiger partial charge in [0.1, 0.15) is 11.6 Å². The summed E-state index contributed by atoms with van der Waals surface area (Å²) in [7, 11) is 0. The van der Waals surface area contributed by atoms with Crippen LogP contribution >= 0.6 is 15.9 Å². The highest BCUT2D eigenvalue weighted by Gasteiger charge is 2.11. The van der Waals surface area contributed by atoms with E-state index in [1.807, 2.05) is 0 Å². The van der Waals surface area contributed by atoms with Gasteiger partial charge >= 0.3 is 0 Å². The van der Waals surface area contributed by atoms with E-state index in [9.17, 15) is 14.0 Å². The summed E-state index contributed by atoms with van der Waals surface area (Å²) in [5, 5.41) is 2.59. The maximum atomic E-state index is 13.1. The summed E-state index contributed by atoms with van der Waals surface area (Å²) >= 11 is 3.00. The average molecular weight is 341 g/mol. The second kappa shape index (κ2) is 5.87. The molecule has 2 aromatic rings. The van der Waals surface area contributed by atoms with Crippen molar-refractivity contribution in [2.24, 2.45) is 5.73 Å². The molecule has 2 amide bonds. The smallest absolute Gasteiger partial charge is 0.284 e. The monoisotopic (exact) mass is 340 g/mol. The van der Waals surface area contributed by atoms with E-state index in [-0.39, 0.29) is 22.7 Å². The summed E-state index contributed by atoms with van der Waals surface area (Å²) in [6, 6.07) is 6.91. The summed E-state index contributed by atoms with van der Waals surface area (Å²) in [6.07, 6.45) is 0. The van der Waals surface area contributed by atoms with Crippen LogP contribution in [0.15, 0.2) is 39.2 Å². The van der Waals surface area contributed by atoms with Crippen molar-refractivity contribution in [2.45, 2.75) is 6.54 Å². The lowest BCUT2D eigenvalue weighted by Crippen LogP contribution is -2.22. The van der Waals surface area contributed by atoms with Crippen molar-refractivity contribution in [3.63, 3.8) is 0 Å². The highest BCUT2D eigenvalue weighted by Crippen LogP contribution is 2.17. The van der Waals surface area contributed by atoms with Gasteiger partial charge in [0.15, 0.2) is 5.76 Å². The lowest BCUT2D eigenvalue weighted by atomic mass is 10.2. The van der Waals surface area contributed by atoms with Gasteiger partial charge in [-0.2, -0.15) is 0 Å². The molecule has 1 heterocycles. The Morgan fingerprint density at radius 3 is 2.65 bits per heavy atom. The number of furan rings is 1. The summed E-state index contributed by atoms with van der Waals surface area (Å²) in [5.74, 6) is -1.08. The van der Waals surface area contributed by atoms with E-state index in [0.717, 1.165) is 0 Å². The summed E-state index contributed by atoms with van der Waals surface area (Å²) in [4.78, 5) is 22.7. The van der Waals surface area contributed by atoms with Gasteiger partial charge < -0.3 is 15.5 Å². The third kappa shape index (κ3) is 3.24. The number of carbonyl (C=O) groups excluding carboxylic acids is 2. The SMILES string of the molecule is NC(=O)c1ccc(CNC(=O)c2ccc(F)c(Br)c2)o1. The van der Waals surface area contributed by atoms with Crippen LogP contribution in [0.2, 0.25) is 0 Å². The van der Waals surface area contributed by atoms with Crippen LogP contribution in [0.25, 0.3) is 0 Å². The fraction of sp³-hybridized carbons (Fsp3) is 0.0769. The van der Waals surface area contributed by atoms with Gasteiger partial charge in [0.05, 0.1) is 11.0 Å². The zero-order valence-corrected chi connectivity index (χ0v) is 11.7. The molecule has 0 saturated carbocycles. The van der Waals surface area contributed by atoms with Crippen molar-refractivity contribution >= 4 is 27.7 Å². The molecule has 0 aliphatic heterocycles. The number of carbonyl (C=O) groups is 2. The van der Waals surface area contributed by atoms with Gasteiger partial charge in [-0.05, 0) is 46.3 Å². The first-order valence-corrected chi connectivity index (χ1v) is 6.38. The molecule has 0 aliphatic rings. The number of hydrogen-bond donors (Lipinski definition) is 2. The van der Waals surface area contributed by atoms with Gasteiger partial charge in [-0.3, -0.25) is 9.59 Å². The number of primary amides is 1. The molecule has 5 nitrogen and oxygen atoms in total. The Labute approximate surface area is 122 Å². The zero-order valence-electron chi connectivity index (χ0n) is 10.2. The van der Waals surface area contributed by atoms with Gasteiger partial charge in [0.2, 0.25) is 0 Å². The number of halogens is 2. The highest BCUT2D eigenvalue weighted by molar-refractivity contribution is 9.10. The Balaban J connectivity index is 2.00. The quantitative estimate of drug-likeness (QED) is 0.894. The molecular formula is C13H10BrFN2O3. The standard InChI is InChI=1S/C13H10BrFN2O3/c14-9-5-7(1-3-10(9)15)13(19)17-6-8-2-4-11(20-8)12(16)18/h1-5H,6H2,(H2,16,18)(H,17,19). The van der Waals surface area contributed by atoms with Gasteiger partial charge in [0.25, 0.3) is 11.8 Å². The predicted molar refractivity (Wildman–Crippen MR) is 72.5 cm³/mol. The lowest BCUT2D eigenvalue weighted by Gasteiger charge is -2.04. The van der Waals surface area contributed by atoms with E-state index in [2.05, 4.69) is 21.2 Å². The van der Waals surface area contributed by atoms with Crippen LogP contribution in [0, 0.1) is 5.82 Å². The van der Waals surface area contributed by atoms with Gasteiger partial charge in [0, 0.05) is 5.56 Å². The van der Waals surface area contributed by atoms with E-state index in [1.54, 1.807) is 6.07 Å². The fourth-order valence-electron chi connectivity index (χ4n) is 1.51. The van der Waals surface area contributed by atoms with Crippen molar-refractivity contribution < 1.29 is 18.4 Å². The average Bonchev–Trinajstić information content (AvgIpc) is 2.88. The molecule has 0 atom stereocenters. The summed E-state index contributed by atoms with van der Waals surface area (Å²) in [5.41, 5.74) is 5.35. The maximum absolute atomic E-state index is 13.1. The topological polar surface area (TPSA) is 85.3 Å². The summed E-state index contributed by atoms with van der Waals surface area (Å²) in [6.45, 7) is 0.0983. The minimum Gasteiger partial charge on any atom is -0.454 e. The zero-order chi connectivity index (χ0) is 14.7. The molecule has 0 unspecified atom stereocenters. The van der Waals surface area contributed by atoms with E-state index >= 15 is 0 Å². The second-order valence-corrected chi connectivity index (χ2v) is 4.80. The summed E-state index contributed by atoms with van der Waals surface area (Å²) < 4.78 is 18.4. The molecular weight excluding hydrogens is 331 g/mol. The first-order valence-electron chi connectivity index (χ1n) is 5.59. The molecule has 0 bridgehead atoms. The molecule has 0 fully saturated rings. The Bertz CT molecular complexity index is 669. The van der Waals surface area contributed by atoms with Crippen molar-refractivity contribution in [3.8, 4) is 0 Å².